The topological polar surface area (TPSA) is 3.24 Å². The minimum atomic E-state index is 0.805. The average molecular weight is 582 g/mol. The highest BCUT2D eigenvalue weighted by Crippen LogP contribution is 2.42. The van der Waals surface area contributed by atoms with Crippen molar-refractivity contribution < 1.29 is 0 Å². The fraction of sp³-hybridized carbons (Fsp3) is 0. The maximum Gasteiger partial charge on any atom is 0.0563 e. The standard InChI is InChI=1S/C42H28ClN/c43-42-38-19-7-5-17-35(38)37(36-18-6-8-20-39(36)42)28-25-29-23-26-32(27-24-29)44(40-21-9-13-30-11-1-3-15-33(30)40)41-22-10-14-31-12-2-4-16-34(31)41/h1-28H. The maximum atomic E-state index is 6.86. The summed E-state index contributed by atoms with van der Waals surface area (Å²) in [7, 11) is 0. The van der Waals surface area contributed by atoms with Gasteiger partial charge in [0.25, 0.3) is 0 Å². The minimum absolute atomic E-state index is 0.805. The molecule has 0 saturated carbocycles. The first-order valence-electron chi connectivity index (χ1n) is 14.9. The van der Waals surface area contributed by atoms with Gasteiger partial charge in [-0.25, -0.2) is 0 Å². The number of benzene rings is 8. The van der Waals surface area contributed by atoms with Crippen LogP contribution in [0.3, 0.4) is 0 Å². The van der Waals surface area contributed by atoms with Gasteiger partial charge in [-0.3, -0.25) is 0 Å². The lowest BCUT2D eigenvalue weighted by atomic mass is 9.96. The number of rotatable bonds is 5. The highest BCUT2D eigenvalue weighted by Gasteiger charge is 2.17. The number of hydrogen-bond acceptors (Lipinski definition) is 1. The molecule has 0 radical (unpaired) electrons. The predicted molar refractivity (Wildman–Crippen MR) is 192 cm³/mol. The van der Waals surface area contributed by atoms with Crippen LogP contribution in [0.4, 0.5) is 17.1 Å². The molecule has 0 aliphatic heterocycles. The van der Waals surface area contributed by atoms with Gasteiger partial charge in [0, 0.05) is 27.2 Å². The molecule has 0 spiro atoms. The van der Waals surface area contributed by atoms with E-state index in [1.807, 2.05) is 12.1 Å². The molecule has 0 bridgehead atoms. The summed E-state index contributed by atoms with van der Waals surface area (Å²) >= 11 is 6.86. The molecule has 0 unspecified atom stereocenters. The number of hydrogen-bond donors (Lipinski definition) is 0. The van der Waals surface area contributed by atoms with Gasteiger partial charge in [-0.05, 0) is 56.9 Å². The summed E-state index contributed by atoms with van der Waals surface area (Å²) in [5.41, 5.74) is 5.73. The molecular weight excluding hydrogens is 554 g/mol. The lowest BCUT2D eigenvalue weighted by Gasteiger charge is -2.28. The van der Waals surface area contributed by atoms with E-state index in [1.165, 1.54) is 27.1 Å². The first kappa shape index (κ1) is 26.3. The lowest BCUT2D eigenvalue weighted by Crippen LogP contribution is -2.11. The van der Waals surface area contributed by atoms with Gasteiger partial charge in [0.05, 0.1) is 16.4 Å². The molecule has 2 heteroatoms. The minimum Gasteiger partial charge on any atom is -0.309 e. The molecule has 0 heterocycles. The molecule has 0 aliphatic rings. The maximum absolute atomic E-state index is 6.86. The van der Waals surface area contributed by atoms with Crippen LogP contribution in [0.25, 0.3) is 55.2 Å². The molecule has 44 heavy (non-hydrogen) atoms. The van der Waals surface area contributed by atoms with Crippen LogP contribution in [0.1, 0.15) is 11.1 Å². The van der Waals surface area contributed by atoms with Crippen molar-refractivity contribution in [1.29, 1.82) is 0 Å². The van der Waals surface area contributed by atoms with E-state index in [0.29, 0.717) is 0 Å². The van der Waals surface area contributed by atoms with Crippen LogP contribution >= 0.6 is 11.6 Å². The summed E-state index contributed by atoms with van der Waals surface area (Å²) in [6.45, 7) is 0. The highest BCUT2D eigenvalue weighted by atomic mass is 35.5. The van der Waals surface area contributed by atoms with Crippen LogP contribution < -0.4 is 4.90 Å². The largest absolute Gasteiger partial charge is 0.309 e. The molecule has 0 fully saturated rings. The Morgan fingerprint density at radius 1 is 0.386 bits per heavy atom. The Morgan fingerprint density at radius 3 is 1.34 bits per heavy atom. The van der Waals surface area contributed by atoms with Crippen molar-refractivity contribution in [3.63, 3.8) is 0 Å². The van der Waals surface area contributed by atoms with Crippen molar-refractivity contribution in [2.24, 2.45) is 0 Å². The summed E-state index contributed by atoms with van der Waals surface area (Å²) in [4.78, 5) is 2.39. The molecular formula is C42H28ClN. The third-order valence-corrected chi connectivity index (χ3v) is 8.92. The van der Waals surface area contributed by atoms with Gasteiger partial charge in [-0.15, -0.1) is 0 Å². The molecule has 8 rings (SSSR count). The van der Waals surface area contributed by atoms with Gasteiger partial charge < -0.3 is 4.90 Å². The number of halogens is 1. The number of fused-ring (bicyclic) bond motifs is 4. The van der Waals surface area contributed by atoms with Gasteiger partial charge >= 0.3 is 0 Å². The van der Waals surface area contributed by atoms with Gasteiger partial charge in [-0.1, -0.05) is 157 Å². The van der Waals surface area contributed by atoms with Crippen LogP contribution in [-0.2, 0) is 0 Å². The van der Waals surface area contributed by atoms with E-state index >= 15 is 0 Å². The average Bonchev–Trinajstić information content (AvgIpc) is 3.09. The summed E-state index contributed by atoms with van der Waals surface area (Å²) in [5.74, 6) is 0. The lowest BCUT2D eigenvalue weighted by molar-refractivity contribution is 1.31. The van der Waals surface area contributed by atoms with Crippen molar-refractivity contribution >= 4 is 83.9 Å². The third kappa shape index (κ3) is 4.50. The monoisotopic (exact) mass is 581 g/mol. The van der Waals surface area contributed by atoms with Crippen LogP contribution in [0.2, 0.25) is 5.02 Å². The number of anilines is 3. The zero-order valence-corrected chi connectivity index (χ0v) is 24.7. The fourth-order valence-electron chi connectivity index (χ4n) is 6.42. The van der Waals surface area contributed by atoms with Gasteiger partial charge in [0.15, 0.2) is 0 Å². The second-order valence-electron chi connectivity index (χ2n) is 11.1. The van der Waals surface area contributed by atoms with Crippen LogP contribution in [0, 0.1) is 0 Å². The van der Waals surface area contributed by atoms with E-state index in [1.54, 1.807) is 0 Å². The zero-order chi connectivity index (χ0) is 29.5. The summed E-state index contributed by atoms with van der Waals surface area (Å²) < 4.78 is 0. The summed E-state index contributed by atoms with van der Waals surface area (Å²) in [5, 5.41) is 10.1. The van der Waals surface area contributed by atoms with Crippen molar-refractivity contribution in [3.05, 3.63) is 174 Å². The Kier molecular flexibility index (Phi) is 6.59. The number of nitrogens with zero attached hydrogens (tertiary/aromatic N) is 1. The van der Waals surface area contributed by atoms with Gasteiger partial charge in [0.1, 0.15) is 0 Å². The molecule has 8 aromatic carbocycles. The van der Waals surface area contributed by atoms with E-state index in [0.717, 1.165) is 49.2 Å². The SMILES string of the molecule is Clc1c2ccccc2c(C=Cc2ccc(N(c3cccc4ccccc34)c3cccc4ccccc34)cc2)c2ccccc12. The molecule has 0 N–H and O–H groups in total. The zero-order valence-electron chi connectivity index (χ0n) is 24.0. The molecule has 0 saturated heterocycles. The fourth-order valence-corrected chi connectivity index (χ4v) is 6.75. The third-order valence-electron chi connectivity index (χ3n) is 8.52. The van der Waals surface area contributed by atoms with Crippen molar-refractivity contribution in [3.8, 4) is 0 Å². The Hall–Kier alpha value is -5.37. The molecule has 0 amide bonds. The van der Waals surface area contributed by atoms with E-state index in [2.05, 4.69) is 163 Å². The van der Waals surface area contributed by atoms with Crippen LogP contribution in [-0.4, -0.2) is 0 Å². The van der Waals surface area contributed by atoms with Gasteiger partial charge in [-0.2, -0.15) is 0 Å². The van der Waals surface area contributed by atoms with Crippen molar-refractivity contribution in [2.75, 3.05) is 4.90 Å². The van der Waals surface area contributed by atoms with E-state index in [4.69, 9.17) is 11.6 Å². The molecule has 1 nitrogen and oxygen atoms in total. The molecule has 0 atom stereocenters. The van der Waals surface area contributed by atoms with E-state index in [-0.39, 0.29) is 0 Å². The van der Waals surface area contributed by atoms with Crippen LogP contribution in [0.15, 0.2) is 158 Å². The molecule has 0 aliphatic carbocycles. The summed E-state index contributed by atoms with van der Waals surface area (Å²) in [6, 6.07) is 55.9. The van der Waals surface area contributed by atoms with Gasteiger partial charge in [0.2, 0.25) is 0 Å². The smallest absolute Gasteiger partial charge is 0.0563 e. The first-order valence-corrected chi connectivity index (χ1v) is 15.3. The van der Waals surface area contributed by atoms with Crippen molar-refractivity contribution in [2.45, 2.75) is 0 Å². The molecule has 0 aromatic heterocycles. The second kappa shape index (κ2) is 11.0. The Balaban J connectivity index is 1.25. The summed E-state index contributed by atoms with van der Waals surface area (Å²) in [6.07, 6.45) is 4.43. The van der Waals surface area contributed by atoms with Crippen molar-refractivity contribution in [1.82, 2.24) is 0 Å². The molecule has 8 aromatic rings. The van der Waals surface area contributed by atoms with E-state index < -0.39 is 0 Å². The van der Waals surface area contributed by atoms with E-state index in [9.17, 15) is 0 Å². The Morgan fingerprint density at radius 2 is 0.818 bits per heavy atom. The predicted octanol–water partition coefficient (Wildman–Crippen LogP) is 12.6. The highest BCUT2D eigenvalue weighted by molar-refractivity contribution is 6.41. The Labute approximate surface area is 261 Å². The first-order chi connectivity index (χ1) is 21.8. The second-order valence-corrected chi connectivity index (χ2v) is 11.5. The quantitative estimate of drug-likeness (QED) is 0.144. The molecule has 208 valence electrons. The Bertz CT molecular complexity index is 2200. The normalized spacial score (nSPS) is 11.7. The van der Waals surface area contributed by atoms with Crippen LogP contribution in [0.5, 0.6) is 0 Å².